The van der Waals surface area contributed by atoms with E-state index in [2.05, 4.69) is 0 Å². The molecule has 0 N–H and O–H groups in total. The number of nitrogens with zero attached hydrogens (tertiary/aromatic N) is 2. The van der Waals surface area contributed by atoms with E-state index in [4.69, 9.17) is 16.3 Å². The van der Waals surface area contributed by atoms with Gasteiger partial charge in [-0.25, -0.2) is 9.59 Å². The Kier molecular flexibility index (Phi) is 4.10. The van der Waals surface area contributed by atoms with Crippen LogP contribution in [-0.2, 0) is 25.4 Å². The number of ether oxygens (including phenoxy) is 1. The number of carbonyl (C=O) groups excluding carboxylic acids is 1. The third-order valence-electron chi connectivity index (χ3n) is 2.75. The van der Waals surface area contributed by atoms with Crippen molar-refractivity contribution >= 4 is 28.9 Å². The highest BCUT2D eigenvalue weighted by molar-refractivity contribution is 7.17. The van der Waals surface area contributed by atoms with Crippen LogP contribution in [0.4, 0.5) is 0 Å². The lowest BCUT2D eigenvalue weighted by atomic mass is 10.4. The van der Waals surface area contributed by atoms with Crippen LogP contribution in [0.5, 0.6) is 0 Å². The molecule has 2 aromatic heterocycles. The standard InChI is InChI=1S/C12H11ClN2O4S/c1-14-7(5-10(16)15(2)12(14)18)6-19-11(17)8-3-4-9(13)20-8/h3-5H,6H2,1-2H3. The molecule has 0 spiro atoms. The monoisotopic (exact) mass is 314 g/mol. The molecule has 2 aromatic rings. The molecule has 0 aromatic carbocycles. The minimum atomic E-state index is -0.546. The fourth-order valence-electron chi connectivity index (χ4n) is 1.55. The van der Waals surface area contributed by atoms with Gasteiger partial charge in [0.1, 0.15) is 11.5 Å². The fourth-order valence-corrected chi connectivity index (χ4v) is 2.49. The van der Waals surface area contributed by atoms with Crippen LogP contribution in [0.1, 0.15) is 15.4 Å². The van der Waals surface area contributed by atoms with Gasteiger partial charge in [-0.3, -0.25) is 13.9 Å². The maximum absolute atomic E-state index is 11.7. The Morgan fingerprint density at radius 2 is 2.00 bits per heavy atom. The first-order valence-corrected chi connectivity index (χ1v) is 6.78. The van der Waals surface area contributed by atoms with E-state index < -0.39 is 17.2 Å². The number of thiophene rings is 1. The third kappa shape index (κ3) is 2.83. The second-order valence-electron chi connectivity index (χ2n) is 4.05. The molecular weight excluding hydrogens is 304 g/mol. The Labute approximate surface area is 122 Å². The first-order valence-electron chi connectivity index (χ1n) is 5.58. The van der Waals surface area contributed by atoms with Crippen molar-refractivity contribution in [2.75, 3.05) is 0 Å². The molecule has 0 saturated heterocycles. The maximum atomic E-state index is 11.7. The molecule has 6 nitrogen and oxygen atoms in total. The van der Waals surface area contributed by atoms with Gasteiger partial charge >= 0.3 is 11.7 Å². The molecule has 0 aliphatic heterocycles. The van der Waals surface area contributed by atoms with Gasteiger partial charge in [0.15, 0.2) is 0 Å². The van der Waals surface area contributed by atoms with E-state index in [1.54, 1.807) is 12.1 Å². The largest absolute Gasteiger partial charge is 0.455 e. The molecule has 20 heavy (non-hydrogen) atoms. The van der Waals surface area contributed by atoms with Crippen molar-refractivity contribution in [1.82, 2.24) is 9.13 Å². The van der Waals surface area contributed by atoms with Gasteiger partial charge in [0.2, 0.25) is 0 Å². The molecule has 0 fully saturated rings. The predicted octanol–water partition coefficient (Wildman–Crippen LogP) is 1.16. The molecule has 0 atom stereocenters. The third-order valence-corrected chi connectivity index (χ3v) is 3.96. The van der Waals surface area contributed by atoms with E-state index in [0.29, 0.717) is 14.9 Å². The zero-order chi connectivity index (χ0) is 14.9. The van der Waals surface area contributed by atoms with Gasteiger partial charge in [0.25, 0.3) is 5.56 Å². The van der Waals surface area contributed by atoms with E-state index >= 15 is 0 Å². The normalized spacial score (nSPS) is 10.6. The minimum absolute atomic E-state index is 0.157. The van der Waals surface area contributed by atoms with E-state index in [0.717, 1.165) is 15.9 Å². The molecule has 106 valence electrons. The van der Waals surface area contributed by atoms with Crippen LogP contribution in [0.3, 0.4) is 0 Å². The van der Waals surface area contributed by atoms with Gasteiger partial charge in [0.05, 0.1) is 10.0 Å². The molecule has 0 radical (unpaired) electrons. The van der Waals surface area contributed by atoms with Gasteiger partial charge in [-0.2, -0.15) is 0 Å². The van der Waals surface area contributed by atoms with Crippen molar-refractivity contribution in [3.63, 3.8) is 0 Å². The Hall–Kier alpha value is -1.86. The van der Waals surface area contributed by atoms with Crippen LogP contribution in [-0.4, -0.2) is 15.1 Å². The summed E-state index contributed by atoms with van der Waals surface area (Å²) in [6, 6.07) is 4.41. The highest BCUT2D eigenvalue weighted by Gasteiger charge is 2.12. The second-order valence-corrected chi connectivity index (χ2v) is 5.77. The van der Waals surface area contributed by atoms with E-state index in [1.807, 2.05) is 0 Å². The highest BCUT2D eigenvalue weighted by atomic mass is 35.5. The molecule has 0 aliphatic rings. The van der Waals surface area contributed by atoms with E-state index in [9.17, 15) is 14.4 Å². The van der Waals surface area contributed by atoms with Crippen LogP contribution in [0.15, 0.2) is 27.8 Å². The summed E-state index contributed by atoms with van der Waals surface area (Å²) in [5, 5.41) is 0. The Morgan fingerprint density at radius 3 is 2.60 bits per heavy atom. The van der Waals surface area contributed by atoms with Gasteiger partial charge < -0.3 is 4.74 Å². The SMILES string of the molecule is Cn1c(COC(=O)c2ccc(Cl)s2)cc(=O)n(C)c1=O. The number of esters is 1. The number of carbonyl (C=O) groups is 1. The summed E-state index contributed by atoms with van der Waals surface area (Å²) in [4.78, 5) is 35.3. The van der Waals surface area contributed by atoms with Crippen LogP contribution in [0.2, 0.25) is 4.34 Å². The van der Waals surface area contributed by atoms with Crippen molar-refractivity contribution in [2.45, 2.75) is 6.61 Å². The second kappa shape index (κ2) is 5.64. The first kappa shape index (κ1) is 14.5. The van der Waals surface area contributed by atoms with Crippen molar-refractivity contribution in [2.24, 2.45) is 14.1 Å². The lowest BCUT2D eigenvalue weighted by Gasteiger charge is -2.09. The summed E-state index contributed by atoms with van der Waals surface area (Å²) < 4.78 is 7.78. The van der Waals surface area contributed by atoms with Gasteiger partial charge in [-0.05, 0) is 12.1 Å². The van der Waals surface area contributed by atoms with Crippen LogP contribution in [0, 0.1) is 0 Å². The number of hydrogen-bond acceptors (Lipinski definition) is 5. The van der Waals surface area contributed by atoms with Crippen molar-refractivity contribution < 1.29 is 9.53 Å². The van der Waals surface area contributed by atoms with Crippen LogP contribution < -0.4 is 11.2 Å². The van der Waals surface area contributed by atoms with Crippen molar-refractivity contribution in [1.29, 1.82) is 0 Å². The Balaban J connectivity index is 2.18. The summed E-state index contributed by atoms with van der Waals surface area (Å²) in [5.74, 6) is -0.546. The summed E-state index contributed by atoms with van der Waals surface area (Å²) in [5.41, 5.74) is -0.588. The zero-order valence-electron chi connectivity index (χ0n) is 10.8. The number of rotatable bonds is 3. The number of aromatic nitrogens is 2. The Bertz CT molecular complexity index is 774. The summed E-state index contributed by atoms with van der Waals surface area (Å²) in [7, 11) is 2.89. The van der Waals surface area contributed by atoms with Gasteiger partial charge in [0, 0.05) is 20.2 Å². The van der Waals surface area contributed by atoms with Gasteiger partial charge in [-0.15, -0.1) is 11.3 Å². The van der Waals surface area contributed by atoms with Gasteiger partial charge in [-0.1, -0.05) is 11.6 Å². The lowest BCUT2D eigenvalue weighted by molar-refractivity contribution is 0.0468. The van der Waals surface area contributed by atoms with Crippen LogP contribution in [0.25, 0.3) is 0 Å². The zero-order valence-corrected chi connectivity index (χ0v) is 12.3. The smallest absolute Gasteiger partial charge is 0.348 e. The molecule has 0 saturated carbocycles. The summed E-state index contributed by atoms with van der Waals surface area (Å²) in [6.45, 7) is -0.157. The highest BCUT2D eigenvalue weighted by Crippen LogP contribution is 2.22. The summed E-state index contributed by atoms with van der Waals surface area (Å²) >= 11 is 6.83. The summed E-state index contributed by atoms with van der Waals surface area (Å²) in [6.07, 6.45) is 0. The minimum Gasteiger partial charge on any atom is -0.455 e. The first-order chi connectivity index (χ1) is 9.40. The maximum Gasteiger partial charge on any atom is 0.348 e. The van der Waals surface area contributed by atoms with Crippen LogP contribution >= 0.6 is 22.9 Å². The van der Waals surface area contributed by atoms with Crippen molar-refractivity contribution in [3.8, 4) is 0 Å². The Morgan fingerprint density at radius 1 is 1.30 bits per heavy atom. The fraction of sp³-hybridized carbons (Fsp3) is 0.250. The number of halogens is 1. The van der Waals surface area contributed by atoms with E-state index in [1.165, 1.54) is 24.7 Å². The molecule has 0 unspecified atom stereocenters. The molecular formula is C12H11ClN2O4S. The molecule has 8 heteroatoms. The molecule has 2 heterocycles. The number of hydrogen-bond donors (Lipinski definition) is 0. The predicted molar refractivity (Wildman–Crippen MR) is 75.4 cm³/mol. The van der Waals surface area contributed by atoms with Crippen molar-refractivity contribution in [3.05, 3.63) is 53.9 Å². The van der Waals surface area contributed by atoms with E-state index in [-0.39, 0.29) is 6.61 Å². The topological polar surface area (TPSA) is 70.3 Å². The lowest BCUT2D eigenvalue weighted by Crippen LogP contribution is -2.38. The molecule has 0 bridgehead atoms. The molecule has 2 rings (SSSR count). The quantitative estimate of drug-likeness (QED) is 0.797. The molecule has 0 amide bonds. The average molecular weight is 315 g/mol. The average Bonchev–Trinajstić information content (AvgIpc) is 2.85. The molecule has 0 aliphatic carbocycles.